The van der Waals surface area contributed by atoms with Crippen LogP contribution < -0.4 is 10.9 Å². The van der Waals surface area contributed by atoms with Gasteiger partial charge in [0.15, 0.2) is 5.16 Å². The molecule has 0 aliphatic carbocycles. The van der Waals surface area contributed by atoms with Crippen molar-refractivity contribution in [1.29, 1.82) is 0 Å². The van der Waals surface area contributed by atoms with E-state index >= 15 is 0 Å². The number of hydrogen-bond donors (Lipinski definition) is 1. The number of carbonyl (C=O) groups excluding carboxylic acids is 2. The van der Waals surface area contributed by atoms with E-state index < -0.39 is 5.97 Å². The third-order valence-electron chi connectivity index (χ3n) is 5.05. The van der Waals surface area contributed by atoms with Gasteiger partial charge in [-0.15, -0.1) is 17.9 Å². The lowest BCUT2D eigenvalue weighted by Gasteiger charge is -2.11. The molecule has 0 unspecified atom stereocenters. The highest BCUT2D eigenvalue weighted by molar-refractivity contribution is 7.99. The number of fused-ring (bicyclic) bond motifs is 1. The first-order valence-corrected chi connectivity index (χ1v) is 12.8. The minimum absolute atomic E-state index is 0.0373. The van der Waals surface area contributed by atoms with Gasteiger partial charge in [0.05, 0.1) is 23.3 Å². The lowest BCUT2D eigenvalue weighted by atomic mass is 10.1. The van der Waals surface area contributed by atoms with Crippen LogP contribution in [0.1, 0.15) is 17.3 Å². The summed E-state index contributed by atoms with van der Waals surface area (Å²) in [6, 6.07) is 16.3. The first kappa shape index (κ1) is 24.4. The standard InChI is InChI=1S/C26H23N3O4S2/c1-3-13-29-24(31)22-20(17-9-6-5-7-10-17)15-34-23(22)28-26(29)35-16-21(30)27-19-12-8-11-18(14-19)25(32)33-4-2/h3,5-12,14-15H,1,4,13,16H2,2H3,(H,27,30). The highest BCUT2D eigenvalue weighted by Crippen LogP contribution is 2.32. The molecule has 0 atom stereocenters. The smallest absolute Gasteiger partial charge is 0.338 e. The summed E-state index contributed by atoms with van der Waals surface area (Å²) in [5, 5.41) is 5.72. The Bertz CT molecular complexity index is 1440. The van der Waals surface area contributed by atoms with Crippen molar-refractivity contribution in [1.82, 2.24) is 9.55 Å². The Morgan fingerprint density at radius 2 is 2.00 bits per heavy atom. The number of nitrogens with one attached hydrogen (secondary N) is 1. The van der Waals surface area contributed by atoms with Crippen molar-refractivity contribution in [2.24, 2.45) is 0 Å². The molecular formula is C26H23N3O4S2. The van der Waals surface area contributed by atoms with E-state index in [9.17, 15) is 14.4 Å². The van der Waals surface area contributed by atoms with Crippen LogP contribution in [-0.2, 0) is 16.1 Å². The zero-order chi connectivity index (χ0) is 24.8. The Balaban J connectivity index is 1.55. The van der Waals surface area contributed by atoms with Crippen LogP contribution in [0.5, 0.6) is 0 Å². The van der Waals surface area contributed by atoms with Crippen molar-refractivity contribution in [2.45, 2.75) is 18.6 Å². The summed E-state index contributed by atoms with van der Waals surface area (Å²) in [5.41, 5.74) is 2.47. The summed E-state index contributed by atoms with van der Waals surface area (Å²) < 4.78 is 6.54. The molecule has 0 saturated carbocycles. The number of allylic oxidation sites excluding steroid dienone is 1. The molecule has 1 amide bonds. The second kappa shape index (κ2) is 11.2. The normalized spacial score (nSPS) is 10.8. The van der Waals surface area contributed by atoms with Gasteiger partial charge in [0.1, 0.15) is 4.83 Å². The number of thioether (sulfide) groups is 1. The molecule has 178 valence electrons. The van der Waals surface area contributed by atoms with Gasteiger partial charge in [-0.25, -0.2) is 9.78 Å². The predicted molar refractivity (Wildman–Crippen MR) is 141 cm³/mol. The first-order chi connectivity index (χ1) is 17.0. The highest BCUT2D eigenvalue weighted by atomic mass is 32.2. The molecule has 35 heavy (non-hydrogen) atoms. The van der Waals surface area contributed by atoms with Gasteiger partial charge in [-0.3, -0.25) is 14.2 Å². The maximum Gasteiger partial charge on any atom is 0.338 e. The van der Waals surface area contributed by atoms with Gasteiger partial charge in [-0.05, 0) is 30.7 Å². The van der Waals surface area contributed by atoms with E-state index in [1.807, 2.05) is 35.7 Å². The number of carbonyl (C=O) groups is 2. The molecule has 0 aliphatic rings. The predicted octanol–water partition coefficient (Wildman–Crippen LogP) is 5.22. The zero-order valence-corrected chi connectivity index (χ0v) is 20.7. The Morgan fingerprint density at radius 1 is 1.20 bits per heavy atom. The maximum atomic E-state index is 13.4. The summed E-state index contributed by atoms with van der Waals surface area (Å²) in [6.45, 7) is 6.04. The number of nitrogens with zero attached hydrogens (tertiary/aromatic N) is 2. The van der Waals surface area contributed by atoms with Crippen LogP contribution in [0, 0.1) is 0 Å². The minimum atomic E-state index is -0.449. The van der Waals surface area contributed by atoms with E-state index in [0.29, 0.717) is 26.6 Å². The van der Waals surface area contributed by atoms with Crippen LogP contribution in [0.4, 0.5) is 5.69 Å². The van der Waals surface area contributed by atoms with E-state index in [2.05, 4.69) is 11.9 Å². The van der Waals surface area contributed by atoms with Crippen molar-refractivity contribution < 1.29 is 14.3 Å². The average molecular weight is 506 g/mol. The van der Waals surface area contributed by atoms with E-state index in [-0.39, 0.29) is 30.4 Å². The Hall–Kier alpha value is -3.69. The van der Waals surface area contributed by atoms with E-state index in [4.69, 9.17) is 9.72 Å². The lowest BCUT2D eigenvalue weighted by molar-refractivity contribution is -0.113. The van der Waals surface area contributed by atoms with E-state index in [1.165, 1.54) is 27.7 Å². The molecule has 7 nitrogen and oxygen atoms in total. The number of rotatable bonds is 9. The summed E-state index contributed by atoms with van der Waals surface area (Å²) >= 11 is 2.58. The van der Waals surface area contributed by atoms with Gasteiger partial charge >= 0.3 is 5.97 Å². The molecule has 0 aliphatic heterocycles. The fourth-order valence-corrected chi connectivity index (χ4v) is 5.30. The van der Waals surface area contributed by atoms with Crippen molar-refractivity contribution in [2.75, 3.05) is 17.7 Å². The lowest BCUT2D eigenvalue weighted by Crippen LogP contribution is -2.23. The molecule has 4 aromatic rings. The quantitative estimate of drug-likeness (QED) is 0.145. The molecule has 4 rings (SSSR count). The number of hydrogen-bond acceptors (Lipinski definition) is 7. The van der Waals surface area contributed by atoms with Gasteiger partial charge in [-0.1, -0.05) is 54.2 Å². The molecule has 1 N–H and O–H groups in total. The number of thiophene rings is 1. The summed E-state index contributed by atoms with van der Waals surface area (Å²) in [7, 11) is 0. The molecule has 2 aromatic heterocycles. The summed E-state index contributed by atoms with van der Waals surface area (Å²) in [5.74, 6) is -0.697. The number of amides is 1. The topological polar surface area (TPSA) is 90.3 Å². The third kappa shape index (κ3) is 5.52. The van der Waals surface area contributed by atoms with Crippen molar-refractivity contribution in [3.05, 3.63) is 88.5 Å². The van der Waals surface area contributed by atoms with Gasteiger partial charge in [-0.2, -0.15) is 0 Å². The van der Waals surface area contributed by atoms with Crippen molar-refractivity contribution >= 4 is 50.9 Å². The minimum Gasteiger partial charge on any atom is -0.462 e. The average Bonchev–Trinajstić information content (AvgIpc) is 3.30. The molecular weight excluding hydrogens is 482 g/mol. The Labute approximate surface area is 210 Å². The summed E-state index contributed by atoms with van der Waals surface area (Å²) in [4.78, 5) is 43.3. The van der Waals surface area contributed by atoms with Crippen LogP contribution in [0.15, 0.2) is 82.6 Å². The first-order valence-electron chi connectivity index (χ1n) is 10.9. The van der Waals surface area contributed by atoms with Gasteiger partial charge in [0, 0.05) is 23.2 Å². The molecule has 2 aromatic carbocycles. The summed E-state index contributed by atoms with van der Waals surface area (Å²) in [6.07, 6.45) is 1.63. The Kier molecular flexibility index (Phi) is 7.79. The number of anilines is 1. The number of aromatic nitrogens is 2. The monoisotopic (exact) mass is 505 g/mol. The molecule has 0 bridgehead atoms. The third-order valence-corrected chi connectivity index (χ3v) is 6.89. The number of benzene rings is 2. The maximum absolute atomic E-state index is 13.4. The van der Waals surface area contributed by atoms with Crippen molar-refractivity contribution in [3.8, 4) is 11.1 Å². The SMILES string of the molecule is C=CCn1c(SCC(=O)Nc2cccc(C(=O)OCC)c2)nc2scc(-c3ccccc3)c2c1=O. The van der Waals surface area contributed by atoms with Gasteiger partial charge in [0.25, 0.3) is 5.56 Å². The second-order valence-electron chi connectivity index (χ2n) is 7.43. The molecule has 9 heteroatoms. The molecule has 0 spiro atoms. The van der Waals surface area contributed by atoms with Crippen LogP contribution in [0.2, 0.25) is 0 Å². The molecule has 0 saturated heterocycles. The number of esters is 1. The molecule has 2 heterocycles. The second-order valence-corrected chi connectivity index (χ2v) is 9.23. The zero-order valence-electron chi connectivity index (χ0n) is 19.0. The fraction of sp³-hybridized carbons (Fsp3) is 0.154. The van der Waals surface area contributed by atoms with Gasteiger partial charge < -0.3 is 10.1 Å². The Morgan fingerprint density at radius 3 is 2.74 bits per heavy atom. The highest BCUT2D eigenvalue weighted by Gasteiger charge is 2.18. The van der Waals surface area contributed by atoms with Crippen molar-refractivity contribution in [3.63, 3.8) is 0 Å². The van der Waals surface area contributed by atoms with Crippen LogP contribution in [0.25, 0.3) is 21.3 Å². The largest absolute Gasteiger partial charge is 0.462 e. The van der Waals surface area contributed by atoms with E-state index in [0.717, 1.165) is 11.1 Å². The molecule has 0 radical (unpaired) electrons. The molecule has 0 fully saturated rings. The fourth-order valence-electron chi connectivity index (χ4n) is 3.50. The van der Waals surface area contributed by atoms with Gasteiger partial charge in [0.2, 0.25) is 5.91 Å². The number of ether oxygens (including phenoxy) is 1. The van der Waals surface area contributed by atoms with Crippen LogP contribution in [-0.4, -0.2) is 33.8 Å². The van der Waals surface area contributed by atoms with Crippen LogP contribution in [0.3, 0.4) is 0 Å². The van der Waals surface area contributed by atoms with Crippen LogP contribution >= 0.6 is 23.1 Å². The van der Waals surface area contributed by atoms with E-state index in [1.54, 1.807) is 37.3 Å².